The number of ether oxygens (including phenoxy) is 1. The van der Waals surface area contributed by atoms with Gasteiger partial charge in [0.25, 0.3) is 0 Å². The largest absolute Gasteiger partial charge is 0.464 e. The van der Waals surface area contributed by atoms with Crippen molar-refractivity contribution in [2.24, 2.45) is 7.05 Å². The van der Waals surface area contributed by atoms with E-state index in [0.29, 0.717) is 5.56 Å². The lowest BCUT2D eigenvalue weighted by molar-refractivity contribution is 0.0594. The molecule has 1 aromatic carbocycles. The van der Waals surface area contributed by atoms with Crippen molar-refractivity contribution in [2.45, 2.75) is 0 Å². The zero-order chi connectivity index (χ0) is 16.7. The van der Waals surface area contributed by atoms with Gasteiger partial charge in [-0.2, -0.15) is 0 Å². The standard InChI is InChI=1S/C16H13ClFN3O2/c1-21-6-5-8-7-9(3-4-10(8)21)14-12(18)13(19)11(17)15(20-14)16(22)23-2/h3-7H,1-2H3,(H2,19,20). The highest BCUT2D eigenvalue weighted by molar-refractivity contribution is 6.35. The molecule has 0 aliphatic heterocycles. The van der Waals surface area contributed by atoms with Gasteiger partial charge in [0.2, 0.25) is 0 Å². The number of aromatic nitrogens is 2. The minimum absolute atomic E-state index is 0.0435. The van der Waals surface area contributed by atoms with E-state index in [1.807, 2.05) is 29.9 Å². The van der Waals surface area contributed by atoms with Gasteiger partial charge in [0.05, 0.1) is 17.8 Å². The molecule has 3 aromatic rings. The second-order valence-electron chi connectivity index (χ2n) is 5.04. The molecule has 0 spiro atoms. The molecule has 0 radical (unpaired) electrons. The number of anilines is 1. The minimum atomic E-state index is -0.774. The second kappa shape index (κ2) is 5.55. The van der Waals surface area contributed by atoms with Crippen LogP contribution < -0.4 is 5.73 Å². The van der Waals surface area contributed by atoms with Crippen molar-refractivity contribution in [1.82, 2.24) is 9.55 Å². The van der Waals surface area contributed by atoms with Gasteiger partial charge in [0.1, 0.15) is 5.69 Å². The van der Waals surface area contributed by atoms with E-state index in [0.717, 1.165) is 10.9 Å². The van der Waals surface area contributed by atoms with Crippen molar-refractivity contribution >= 4 is 34.2 Å². The van der Waals surface area contributed by atoms with E-state index in [1.165, 1.54) is 7.11 Å². The zero-order valence-corrected chi connectivity index (χ0v) is 13.2. The fourth-order valence-corrected chi connectivity index (χ4v) is 2.62. The molecule has 0 unspecified atom stereocenters. The summed E-state index contributed by atoms with van der Waals surface area (Å²) < 4.78 is 21.0. The van der Waals surface area contributed by atoms with Crippen LogP contribution in [0.1, 0.15) is 10.5 Å². The Kier molecular flexibility index (Phi) is 3.69. The zero-order valence-electron chi connectivity index (χ0n) is 12.4. The number of nitrogens with zero attached hydrogens (tertiary/aromatic N) is 2. The van der Waals surface area contributed by atoms with Gasteiger partial charge in [-0.05, 0) is 18.2 Å². The Morgan fingerprint density at radius 3 is 2.83 bits per heavy atom. The molecule has 0 amide bonds. The number of methoxy groups -OCH3 is 1. The predicted octanol–water partition coefficient (Wildman–Crippen LogP) is 3.40. The molecule has 2 N–H and O–H groups in total. The van der Waals surface area contributed by atoms with Crippen LogP contribution >= 0.6 is 11.6 Å². The number of esters is 1. The van der Waals surface area contributed by atoms with Gasteiger partial charge in [0.15, 0.2) is 11.5 Å². The van der Waals surface area contributed by atoms with E-state index in [9.17, 15) is 9.18 Å². The number of nitrogen functional groups attached to an aromatic ring is 1. The number of fused-ring (bicyclic) bond motifs is 1. The fourth-order valence-electron chi connectivity index (χ4n) is 2.41. The van der Waals surface area contributed by atoms with Crippen molar-refractivity contribution in [3.05, 3.63) is 47.0 Å². The summed E-state index contributed by atoms with van der Waals surface area (Å²) >= 11 is 5.90. The summed E-state index contributed by atoms with van der Waals surface area (Å²) in [5.41, 5.74) is 6.57. The van der Waals surface area contributed by atoms with Crippen LogP contribution in [0.15, 0.2) is 30.5 Å². The van der Waals surface area contributed by atoms with Gasteiger partial charge in [-0.1, -0.05) is 17.7 Å². The molecule has 2 aromatic heterocycles. The minimum Gasteiger partial charge on any atom is -0.464 e. The molecular formula is C16H13ClFN3O2. The number of carbonyl (C=O) groups excluding carboxylic acids is 1. The van der Waals surface area contributed by atoms with Crippen LogP contribution in [0.25, 0.3) is 22.2 Å². The molecule has 0 fully saturated rings. The Labute approximate surface area is 136 Å². The highest BCUT2D eigenvalue weighted by atomic mass is 35.5. The fraction of sp³-hybridized carbons (Fsp3) is 0.125. The lowest BCUT2D eigenvalue weighted by Crippen LogP contribution is -2.10. The highest BCUT2D eigenvalue weighted by Crippen LogP contribution is 2.33. The number of nitrogens with two attached hydrogens (primary N) is 1. The first-order valence-corrected chi connectivity index (χ1v) is 7.10. The topological polar surface area (TPSA) is 70.1 Å². The molecule has 0 saturated heterocycles. The van der Waals surface area contributed by atoms with Crippen LogP contribution in [-0.2, 0) is 11.8 Å². The Bertz CT molecular complexity index is 937. The van der Waals surface area contributed by atoms with Crippen LogP contribution in [-0.4, -0.2) is 22.6 Å². The van der Waals surface area contributed by atoms with Crippen molar-refractivity contribution in [3.63, 3.8) is 0 Å². The molecule has 2 heterocycles. The van der Waals surface area contributed by atoms with Gasteiger partial charge < -0.3 is 15.0 Å². The van der Waals surface area contributed by atoms with Crippen molar-refractivity contribution < 1.29 is 13.9 Å². The Morgan fingerprint density at radius 2 is 2.13 bits per heavy atom. The third kappa shape index (κ3) is 2.41. The van der Waals surface area contributed by atoms with Gasteiger partial charge in [-0.25, -0.2) is 14.2 Å². The number of benzene rings is 1. The van der Waals surface area contributed by atoms with E-state index in [2.05, 4.69) is 9.72 Å². The van der Waals surface area contributed by atoms with Gasteiger partial charge in [0, 0.05) is 29.7 Å². The van der Waals surface area contributed by atoms with Crippen molar-refractivity contribution in [3.8, 4) is 11.3 Å². The molecule has 0 atom stereocenters. The quantitative estimate of drug-likeness (QED) is 0.730. The first-order valence-electron chi connectivity index (χ1n) is 6.72. The Balaban J connectivity index is 2.24. The lowest BCUT2D eigenvalue weighted by Gasteiger charge is -2.10. The normalized spacial score (nSPS) is 11.0. The lowest BCUT2D eigenvalue weighted by atomic mass is 10.1. The van der Waals surface area contributed by atoms with E-state index >= 15 is 0 Å². The van der Waals surface area contributed by atoms with Gasteiger partial charge >= 0.3 is 5.97 Å². The van der Waals surface area contributed by atoms with Crippen LogP contribution in [0.4, 0.5) is 10.1 Å². The van der Waals surface area contributed by atoms with Gasteiger partial charge in [-0.15, -0.1) is 0 Å². The molecule has 0 saturated carbocycles. The number of hydrogen-bond donors (Lipinski definition) is 1. The maximum atomic E-state index is 14.5. The molecule has 5 nitrogen and oxygen atoms in total. The highest BCUT2D eigenvalue weighted by Gasteiger charge is 2.22. The number of rotatable bonds is 2. The molecule has 7 heteroatoms. The SMILES string of the molecule is COC(=O)c1nc(-c2ccc3c(ccn3C)c2)c(F)c(N)c1Cl. The van der Waals surface area contributed by atoms with E-state index in [-0.39, 0.29) is 22.1 Å². The summed E-state index contributed by atoms with van der Waals surface area (Å²) in [6, 6.07) is 7.23. The first-order chi connectivity index (χ1) is 10.9. The Morgan fingerprint density at radius 1 is 1.39 bits per heavy atom. The summed E-state index contributed by atoms with van der Waals surface area (Å²) in [4.78, 5) is 15.8. The van der Waals surface area contributed by atoms with Crippen LogP contribution in [0.5, 0.6) is 0 Å². The molecule has 0 bridgehead atoms. The molecular weight excluding hydrogens is 321 g/mol. The third-order valence-electron chi connectivity index (χ3n) is 3.65. The summed E-state index contributed by atoms with van der Waals surface area (Å²) in [6.45, 7) is 0. The summed E-state index contributed by atoms with van der Waals surface area (Å²) in [5, 5.41) is 0.665. The monoisotopic (exact) mass is 333 g/mol. The van der Waals surface area contributed by atoms with E-state index < -0.39 is 11.8 Å². The van der Waals surface area contributed by atoms with Crippen molar-refractivity contribution in [2.75, 3.05) is 12.8 Å². The summed E-state index contributed by atoms with van der Waals surface area (Å²) in [7, 11) is 3.10. The number of halogens is 2. The summed E-state index contributed by atoms with van der Waals surface area (Å²) in [6.07, 6.45) is 1.90. The van der Waals surface area contributed by atoms with Crippen LogP contribution in [0.3, 0.4) is 0 Å². The first kappa shape index (κ1) is 15.3. The Hall–Kier alpha value is -2.60. The molecule has 118 valence electrons. The average Bonchev–Trinajstić information content (AvgIpc) is 2.93. The van der Waals surface area contributed by atoms with Crippen LogP contribution in [0, 0.1) is 5.82 Å². The third-order valence-corrected chi connectivity index (χ3v) is 4.03. The molecule has 3 rings (SSSR count). The maximum absolute atomic E-state index is 14.5. The maximum Gasteiger partial charge on any atom is 0.358 e. The number of carbonyl (C=O) groups is 1. The summed E-state index contributed by atoms with van der Waals surface area (Å²) in [5.74, 6) is -1.54. The number of pyridine rings is 1. The number of aryl methyl sites for hydroxylation is 1. The predicted molar refractivity (Wildman–Crippen MR) is 86.9 cm³/mol. The molecule has 23 heavy (non-hydrogen) atoms. The van der Waals surface area contributed by atoms with Crippen molar-refractivity contribution in [1.29, 1.82) is 0 Å². The van der Waals surface area contributed by atoms with E-state index in [1.54, 1.807) is 12.1 Å². The van der Waals surface area contributed by atoms with Crippen LogP contribution in [0.2, 0.25) is 5.02 Å². The number of hydrogen-bond acceptors (Lipinski definition) is 4. The molecule has 0 aliphatic carbocycles. The van der Waals surface area contributed by atoms with E-state index in [4.69, 9.17) is 17.3 Å². The van der Waals surface area contributed by atoms with Gasteiger partial charge in [-0.3, -0.25) is 0 Å². The average molecular weight is 334 g/mol. The molecule has 0 aliphatic rings. The second-order valence-corrected chi connectivity index (χ2v) is 5.42. The smallest absolute Gasteiger partial charge is 0.358 e.